The van der Waals surface area contributed by atoms with E-state index in [1.165, 1.54) is 17.3 Å². The Kier molecular flexibility index (Phi) is 9.20. The number of hydrogen-bond donors (Lipinski definition) is 2. The minimum Gasteiger partial charge on any atom is -0.371 e. The number of nitrogens with one attached hydrogen (secondary N) is 2. The third-order valence-electron chi connectivity index (χ3n) is 5.87. The molecular formula is C25H33FIN5. The average molecular weight is 549 g/mol. The molecule has 0 radical (unpaired) electrons. The van der Waals surface area contributed by atoms with Gasteiger partial charge in [-0.1, -0.05) is 30.4 Å². The van der Waals surface area contributed by atoms with Crippen LogP contribution in [0.2, 0.25) is 0 Å². The lowest BCUT2D eigenvalue weighted by Gasteiger charge is -2.34. The summed E-state index contributed by atoms with van der Waals surface area (Å²) in [5, 5.41) is 6.97. The summed E-state index contributed by atoms with van der Waals surface area (Å²) in [6.07, 6.45) is 6.41. The van der Waals surface area contributed by atoms with Crippen molar-refractivity contribution in [3.05, 3.63) is 72.1 Å². The molecule has 0 atom stereocenters. The number of guanidine groups is 1. The van der Waals surface area contributed by atoms with Crippen LogP contribution in [0.3, 0.4) is 0 Å². The van der Waals surface area contributed by atoms with Crippen LogP contribution in [0.25, 0.3) is 0 Å². The van der Waals surface area contributed by atoms with Crippen LogP contribution in [0.1, 0.15) is 25.3 Å². The van der Waals surface area contributed by atoms with Crippen molar-refractivity contribution >= 4 is 41.3 Å². The van der Waals surface area contributed by atoms with E-state index >= 15 is 0 Å². The number of aliphatic imine (C=N–C) groups is 1. The fraction of sp³-hybridized carbons (Fsp3) is 0.400. The van der Waals surface area contributed by atoms with Gasteiger partial charge in [0.2, 0.25) is 0 Å². The van der Waals surface area contributed by atoms with E-state index < -0.39 is 0 Å². The molecule has 1 fully saturated rings. The molecule has 0 aromatic heterocycles. The fourth-order valence-electron chi connectivity index (χ4n) is 4.18. The number of nitrogens with zero attached hydrogens (tertiary/aromatic N) is 3. The van der Waals surface area contributed by atoms with Crippen molar-refractivity contribution in [2.45, 2.75) is 32.4 Å². The normalized spacial score (nSPS) is 16.8. The van der Waals surface area contributed by atoms with Crippen molar-refractivity contribution in [1.82, 2.24) is 10.6 Å². The van der Waals surface area contributed by atoms with Crippen molar-refractivity contribution in [3.63, 3.8) is 0 Å². The molecular weight excluding hydrogens is 516 g/mol. The SMILES string of the molecule is CCNC(=NCc1cccc(N2CC=CC2)c1)NC1CCN(c2cccc(F)c2)CC1.I. The highest BCUT2D eigenvalue weighted by atomic mass is 127. The molecule has 0 unspecified atom stereocenters. The van der Waals surface area contributed by atoms with Crippen LogP contribution in [0.5, 0.6) is 0 Å². The molecule has 172 valence electrons. The second kappa shape index (κ2) is 12.1. The van der Waals surface area contributed by atoms with Crippen molar-refractivity contribution in [3.8, 4) is 0 Å². The standard InChI is InChI=1S/C25H32FN5.HI/c1-2-27-25(28-19-20-7-5-9-23(17-20)30-13-3-4-14-30)29-22-11-15-31(16-12-22)24-10-6-8-21(26)18-24;/h3-10,17-18,22H,2,11-16,19H2,1H3,(H2,27,28,29);1H. The van der Waals surface area contributed by atoms with Crippen molar-refractivity contribution in [1.29, 1.82) is 0 Å². The summed E-state index contributed by atoms with van der Waals surface area (Å²) in [7, 11) is 0. The van der Waals surface area contributed by atoms with Crippen LogP contribution in [0, 0.1) is 5.82 Å². The first kappa shape index (κ1) is 24.4. The minimum absolute atomic E-state index is 0. The van der Waals surface area contributed by atoms with Crippen LogP contribution in [0.15, 0.2) is 65.7 Å². The lowest BCUT2D eigenvalue weighted by molar-refractivity contribution is 0.461. The Bertz CT molecular complexity index is 916. The molecule has 1 saturated heterocycles. The molecule has 0 saturated carbocycles. The van der Waals surface area contributed by atoms with E-state index in [0.29, 0.717) is 12.6 Å². The summed E-state index contributed by atoms with van der Waals surface area (Å²) in [4.78, 5) is 9.44. The maximum absolute atomic E-state index is 13.5. The zero-order valence-corrected chi connectivity index (χ0v) is 21.0. The van der Waals surface area contributed by atoms with Crippen molar-refractivity contribution in [2.24, 2.45) is 4.99 Å². The van der Waals surface area contributed by atoms with Crippen LogP contribution >= 0.6 is 24.0 Å². The van der Waals surface area contributed by atoms with Gasteiger partial charge in [0, 0.05) is 50.1 Å². The zero-order valence-electron chi connectivity index (χ0n) is 18.6. The Morgan fingerprint density at radius 3 is 2.38 bits per heavy atom. The molecule has 0 bridgehead atoms. The second-order valence-electron chi connectivity index (χ2n) is 8.13. The van der Waals surface area contributed by atoms with Gasteiger partial charge in [-0.05, 0) is 55.7 Å². The monoisotopic (exact) mass is 549 g/mol. The smallest absolute Gasteiger partial charge is 0.191 e. The van der Waals surface area contributed by atoms with Gasteiger partial charge in [0.15, 0.2) is 5.96 Å². The van der Waals surface area contributed by atoms with Gasteiger partial charge in [-0.2, -0.15) is 0 Å². The third kappa shape index (κ3) is 6.60. The molecule has 2 aliphatic rings. The summed E-state index contributed by atoms with van der Waals surface area (Å²) in [6, 6.07) is 15.9. The Hall–Kier alpha value is -2.29. The van der Waals surface area contributed by atoms with Gasteiger partial charge in [0.05, 0.1) is 6.54 Å². The summed E-state index contributed by atoms with van der Waals surface area (Å²) in [5.74, 6) is 0.685. The zero-order chi connectivity index (χ0) is 21.5. The van der Waals surface area contributed by atoms with Crippen molar-refractivity contribution < 1.29 is 4.39 Å². The Morgan fingerprint density at radius 2 is 1.69 bits per heavy atom. The Morgan fingerprint density at radius 1 is 1.00 bits per heavy atom. The van der Waals surface area contributed by atoms with Gasteiger partial charge in [-0.25, -0.2) is 9.38 Å². The van der Waals surface area contributed by atoms with Gasteiger partial charge in [0.1, 0.15) is 5.82 Å². The molecule has 5 nitrogen and oxygen atoms in total. The fourth-order valence-corrected chi connectivity index (χ4v) is 4.18. The molecule has 0 spiro atoms. The number of halogens is 2. The lowest BCUT2D eigenvalue weighted by atomic mass is 10.0. The summed E-state index contributed by atoms with van der Waals surface area (Å²) in [5.41, 5.74) is 3.43. The highest BCUT2D eigenvalue weighted by Gasteiger charge is 2.20. The first-order valence-corrected chi connectivity index (χ1v) is 11.3. The van der Waals surface area contributed by atoms with Gasteiger partial charge in [-0.15, -0.1) is 24.0 Å². The van der Waals surface area contributed by atoms with Crippen LogP contribution in [0.4, 0.5) is 15.8 Å². The minimum atomic E-state index is -0.177. The first-order valence-electron chi connectivity index (χ1n) is 11.3. The van der Waals surface area contributed by atoms with Gasteiger partial charge in [-0.3, -0.25) is 0 Å². The van der Waals surface area contributed by atoms with E-state index in [9.17, 15) is 4.39 Å². The van der Waals surface area contributed by atoms with Gasteiger partial charge in [0.25, 0.3) is 0 Å². The highest BCUT2D eigenvalue weighted by Crippen LogP contribution is 2.21. The van der Waals surface area contributed by atoms with E-state index in [2.05, 4.69) is 63.8 Å². The predicted molar refractivity (Wildman–Crippen MR) is 143 cm³/mol. The molecule has 2 aliphatic heterocycles. The molecule has 2 N–H and O–H groups in total. The Labute approximate surface area is 207 Å². The molecule has 0 aliphatic carbocycles. The van der Waals surface area contributed by atoms with Crippen LogP contribution in [-0.4, -0.2) is 44.7 Å². The predicted octanol–water partition coefficient (Wildman–Crippen LogP) is 4.54. The van der Waals surface area contributed by atoms with Gasteiger partial charge >= 0.3 is 0 Å². The molecule has 32 heavy (non-hydrogen) atoms. The highest BCUT2D eigenvalue weighted by molar-refractivity contribution is 14.0. The first-order chi connectivity index (χ1) is 15.2. The number of benzene rings is 2. The van der Waals surface area contributed by atoms with Crippen molar-refractivity contribution in [2.75, 3.05) is 42.5 Å². The number of anilines is 2. The maximum Gasteiger partial charge on any atom is 0.191 e. The average Bonchev–Trinajstić information content (AvgIpc) is 3.33. The van der Waals surface area contributed by atoms with E-state index in [-0.39, 0.29) is 29.8 Å². The largest absolute Gasteiger partial charge is 0.371 e. The molecule has 4 rings (SSSR count). The summed E-state index contributed by atoms with van der Waals surface area (Å²) < 4.78 is 13.5. The quantitative estimate of drug-likeness (QED) is 0.240. The summed E-state index contributed by atoms with van der Waals surface area (Å²) >= 11 is 0. The molecule has 7 heteroatoms. The molecule has 2 aromatic rings. The maximum atomic E-state index is 13.5. The van der Waals surface area contributed by atoms with E-state index in [4.69, 9.17) is 4.99 Å². The lowest BCUT2D eigenvalue weighted by Crippen LogP contribution is -2.48. The molecule has 2 aromatic carbocycles. The number of hydrogen-bond acceptors (Lipinski definition) is 3. The third-order valence-corrected chi connectivity index (χ3v) is 5.87. The van der Waals surface area contributed by atoms with Gasteiger partial charge < -0.3 is 20.4 Å². The molecule has 2 heterocycles. The van der Waals surface area contributed by atoms with E-state index in [1.54, 1.807) is 12.1 Å². The summed E-state index contributed by atoms with van der Waals surface area (Å²) in [6.45, 7) is 7.33. The number of piperidine rings is 1. The molecule has 0 amide bonds. The van der Waals surface area contributed by atoms with E-state index in [1.807, 2.05) is 6.07 Å². The van der Waals surface area contributed by atoms with Crippen LogP contribution in [-0.2, 0) is 6.54 Å². The van der Waals surface area contributed by atoms with E-state index in [0.717, 1.165) is 57.2 Å². The number of rotatable bonds is 6. The topological polar surface area (TPSA) is 42.9 Å². The Balaban J connectivity index is 0.00000289. The van der Waals surface area contributed by atoms with Crippen LogP contribution < -0.4 is 20.4 Å². The second-order valence-corrected chi connectivity index (χ2v) is 8.13.